The predicted molar refractivity (Wildman–Crippen MR) is 138 cm³/mol. The van der Waals surface area contributed by atoms with Gasteiger partial charge in [0, 0.05) is 15.7 Å². The van der Waals surface area contributed by atoms with Gasteiger partial charge in [0.05, 0.1) is 23.4 Å². The summed E-state index contributed by atoms with van der Waals surface area (Å²) in [6.45, 7) is 4.03. The molecular weight excluding hydrogens is 471 g/mol. The van der Waals surface area contributed by atoms with Crippen molar-refractivity contribution < 1.29 is 9.53 Å². The Kier molecular flexibility index (Phi) is 5.86. The minimum atomic E-state index is -0.476. The summed E-state index contributed by atoms with van der Waals surface area (Å²) in [4.78, 5) is 24.2. The van der Waals surface area contributed by atoms with E-state index >= 15 is 0 Å². The molecule has 0 radical (unpaired) electrons. The molecule has 4 aromatic rings. The highest BCUT2D eigenvalue weighted by Gasteiger charge is 2.28. The van der Waals surface area contributed by atoms with Crippen LogP contribution in [0.1, 0.15) is 23.0 Å². The molecule has 0 fully saturated rings. The molecule has 3 aromatic carbocycles. The maximum absolute atomic E-state index is 12.7. The van der Waals surface area contributed by atoms with E-state index < -0.39 is 5.97 Å². The Labute approximate surface area is 206 Å². The van der Waals surface area contributed by atoms with E-state index in [2.05, 4.69) is 5.32 Å². The van der Waals surface area contributed by atoms with Crippen LogP contribution in [0.15, 0.2) is 71.7 Å². The lowest BCUT2D eigenvalue weighted by Crippen LogP contribution is -2.35. The number of halogens is 2. The van der Waals surface area contributed by atoms with Crippen molar-refractivity contribution in [3.63, 3.8) is 0 Å². The van der Waals surface area contributed by atoms with E-state index in [9.17, 15) is 4.79 Å². The number of carbonyl (C=O) groups excluding carboxylic acids is 1. The molecule has 0 unspecified atom stereocenters. The normalized spacial score (nSPS) is 12.5. The number of pyridine rings is 1. The van der Waals surface area contributed by atoms with Crippen LogP contribution >= 0.6 is 23.2 Å². The summed E-state index contributed by atoms with van der Waals surface area (Å²) < 4.78 is 5.26. The molecule has 8 heteroatoms. The van der Waals surface area contributed by atoms with E-state index in [1.165, 1.54) is 0 Å². The van der Waals surface area contributed by atoms with E-state index in [0.29, 0.717) is 21.8 Å². The summed E-state index contributed by atoms with van der Waals surface area (Å²) in [5.74, 6) is 0.625. The largest absolute Gasteiger partial charge is 0.461 e. The fourth-order valence-electron chi connectivity index (χ4n) is 3.88. The summed E-state index contributed by atoms with van der Waals surface area (Å²) in [7, 11) is 0. The van der Waals surface area contributed by atoms with Crippen LogP contribution in [0.4, 0.5) is 22.9 Å². The second-order valence-electron chi connectivity index (χ2n) is 7.75. The van der Waals surface area contributed by atoms with Crippen molar-refractivity contribution in [1.82, 2.24) is 4.98 Å². The number of ether oxygens (including phenoxy) is 1. The van der Waals surface area contributed by atoms with Crippen molar-refractivity contribution in [2.24, 2.45) is 4.99 Å². The Morgan fingerprint density at radius 1 is 1.00 bits per heavy atom. The number of aliphatic imine (C=N–C) groups is 1. The van der Waals surface area contributed by atoms with Gasteiger partial charge >= 0.3 is 5.97 Å². The highest BCUT2D eigenvalue weighted by atomic mass is 35.5. The standard InChI is InChI=1S/C26H20Cl2N4O2/c1-3-34-25(33)22-14-20-15(2)4-13-21-23(20)24(30-22)32(19-11-7-17(28)8-12-19)26(31-21)29-18-9-5-16(27)6-10-18/h4-14H,3H2,1-2H3,(H,29,31). The lowest BCUT2D eigenvalue weighted by Gasteiger charge is -2.31. The van der Waals surface area contributed by atoms with Gasteiger partial charge in [-0.1, -0.05) is 29.3 Å². The Balaban J connectivity index is 1.75. The van der Waals surface area contributed by atoms with Gasteiger partial charge in [-0.3, -0.25) is 4.90 Å². The first-order chi connectivity index (χ1) is 16.4. The zero-order valence-corrected chi connectivity index (χ0v) is 20.0. The van der Waals surface area contributed by atoms with Crippen LogP contribution in [0.25, 0.3) is 10.8 Å². The van der Waals surface area contributed by atoms with Gasteiger partial charge in [0.25, 0.3) is 0 Å². The first-order valence-corrected chi connectivity index (χ1v) is 11.5. The Bertz CT molecular complexity index is 1430. The quantitative estimate of drug-likeness (QED) is 0.304. The molecule has 0 bridgehead atoms. The SMILES string of the molecule is CCOC(=O)c1cc2c(C)ccc3c2c(n1)N(c1ccc(Cl)cc1)C(Nc1ccc(Cl)cc1)=N3. The van der Waals surface area contributed by atoms with Crippen molar-refractivity contribution in [2.45, 2.75) is 13.8 Å². The van der Waals surface area contributed by atoms with Gasteiger partial charge in [-0.2, -0.15) is 0 Å². The molecule has 5 rings (SSSR count). The number of hydrogen-bond acceptors (Lipinski definition) is 6. The molecule has 0 saturated carbocycles. The van der Waals surface area contributed by atoms with Crippen molar-refractivity contribution >= 4 is 68.8 Å². The smallest absolute Gasteiger partial charge is 0.357 e. The highest BCUT2D eigenvalue weighted by molar-refractivity contribution is 6.31. The van der Waals surface area contributed by atoms with Crippen molar-refractivity contribution in [2.75, 3.05) is 16.8 Å². The molecule has 2 heterocycles. The van der Waals surface area contributed by atoms with Crippen LogP contribution in [0.2, 0.25) is 10.0 Å². The minimum absolute atomic E-state index is 0.233. The maximum Gasteiger partial charge on any atom is 0.357 e. The Hall–Kier alpha value is -3.61. The molecule has 6 nitrogen and oxygen atoms in total. The number of aryl methyl sites for hydroxylation is 1. The lowest BCUT2D eigenvalue weighted by atomic mass is 10.0. The molecule has 1 N–H and O–H groups in total. The minimum Gasteiger partial charge on any atom is -0.461 e. The van der Waals surface area contributed by atoms with Crippen LogP contribution in [0, 0.1) is 6.92 Å². The number of aromatic nitrogens is 1. The van der Waals surface area contributed by atoms with Crippen LogP contribution in [0.3, 0.4) is 0 Å². The summed E-state index contributed by atoms with van der Waals surface area (Å²) in [6, 6.07) is 20.4. The molecule has 34 heavy (non-hydrogen) atoms. The summed E-state index contributed by atoms with van der Waals surface area (Å²) >= 11 is 12.2. The molecule has 1 aromatic heterocycles. The number of rotatable bonds is 4. The molecule has 0 amide bonds. The zero-order chi connectivity index (χ0) is 23.8. The fourth-order valence-corrected chi connectivity index (χ4v) is 4.13. The fraction of sp³-hybridized carbons (Fsp3) is 0.115. The van der Waals surface area contributed by atoms with Crippen molar-refractivity contribution in [3.05, 3.63) is 88.0 Å². The van der Waals surface area contributed by atoms with Crippen LogP contribution in [-0.2, 0) is 4.74 Å². The van der Waals surface area contributed by atoms with E-state index in [4.69, 9.17) is 37.9 Å². The van der Waals surface area contributed by atoms with Gasteiger partial charge in [0.15, 0.2) is 11.5 Å². The molecule has 0 atom stereocenters. The van der Waals surface area contributed by atoms with E-state index in [1.807, 2.05) is 48.2 Å². The number of nitrogens with zero attached hydrogens (tertiary/aromatic N) is 3. The molecule has 170 valence electrons. The van der Waals surface area contributed by atoms with Crippen molar-refractivity contribution in [1.29, 1.82) is 0 Å². The number of guanidine groups is 1. The van der Waals surface area contributed by atoms with Gasteiger partial charge in [0.2, 0.25) is 5.96 Å². The van der Waals surface area contributed by atoms with Crippen LogP contribution in [-0.4, -0.2) is 23.5 Å². The van der Waals surface area contributed by atoms with Gasteiger partial charge < -0.3 is 10.1 Å². The molecule has 1 aliphatic rings. The first kappa shape index (κ1) is 22.2. The molecule has 1 aliphatic heterocycles. The Morgan fingerprint density at radius 2 is 1.68 bits per heavy atom. The van der Waals surface area contributed by atoms with Gasteiger partial charge in [-0.25, -0.2) is 14.8 Å². The van der Waals surface area contributed by atoms with E-state index in [0.717, 1.165) is 33.4 Å². The van der Waals surface area contributed by atoms with Gasteiger partial charge in [0.1, 0.15) is 0 Å². The zero-order valence-electron chi connectivity index (χ0n) is 18.5. The summed E-state index contributed by atoms with van der Waals surface area (Å²) in [5.41, 5.74) is 3.58. The Morgan fingerprint density at radius 3 is 2.35 bits per heavy atom. The second kappa shape index (κ2) is 8.97. The molecule has 0 aliphatic carbocycles. The highest BCUT2D eigenvalue weighted by Crippen LogP contribution is 2.42. The number of esters is 1. The number of nitrogens with one attached hydrogen (secondary N) is 1. The molecule has 0 spiro atoms. The van der Waals surface area contributed by atoms with Crippen LogP contribution in [0.5, 0.6) is 0 Å². The monoisotopic (exact) mass is 490 g/mol. The van der Waals surface area contributed by atoms with E-state index in [1.54, 1.807) is 37.3 Å². The molecule has 0 saturated heterocycles. The number of carbonyl (C=O) groups is 1. The predicted octanol–water partition coefficient (Wildman–Crippen LogP) is 7.28. The third-order valence-corrected chi connectivity index (χ3v) is 6.00. The third-order valence-electron chi connectivity index (χ3n) is 5.49. The third kappa shape index (κ3) is 4.06. The van der Waals surface area contributed by atoms with Gasteiger partial charge in [-0.05, 0) is 85.5 Å². The average molecular weight is 491 g/mol. The van der Waals surface area contributed by atoms with E-state index in [-0.39, 0.29) is 12.3 Å². The number of benzene rings is 3. The van der Waals surface area contributed by atoms with Gasteiger partial charge in [-0.15, -0.1) is 0 Å². The average Bonchev–Trinajstić information content (AvgIpc) is 2.83. The number of anilines is 3. The molecular formula is C26H20Cl2N4O2. The summed E-state index contributed by atoms with van der Waals surface area (Å²) in [6.07, 6.45) is 0. The van der Waals surface area contributed by atoms with Crippen molar-refractivity contribution in [3.8, 4) is 0 Å². The lowest BCUT2D eigenvalue weighted by molar-refractivity contribution is 0.0520. The number of hydrogen-bond donors (Lipinski definition) is 1. The first-order valence-electron chi connectivity index (χ1n) is 10.7. The summed E-state index contributed by atoms with van der Waals surface area (Å²) in [5, 5.41) is 6.36. The topological polar surface area (TPSA) is 66.8 Å². The van der Waals surface area contributed by atoms with Crippen LogP contribution < -0.4 is 10.2 Å². The second-order valence-corrected chi connectivity index (χ2v) is 8.63. The maximum atomic E-state index is 12.7.